The van der Waals surface area contributed by atoms with Crippen LogP contribution in [0.2, 0.25) is 5.02 Å². The van der Waals surface area contributed by atoms with Gasteiger partial charge in [-0.1, -0.05) is 35.9 Å². The Balaban J connectivity index is 1.54. The van der Waals surface area contributed by atoms with Crippen LogP contribution in [0.5, 0.6) is 0 Å². The van der Waals surface area contributed by atoms with Crippen molar-refractivity contribution in [3.8, 4) is 0 Å². The second kappa shape index (κ2) is 7.93. The minimum Gasteiger partial charge on any atom is -0.349 e. The van der Waals surface area contributed by atoms with E-state index in [1.807, 2.05) is 55.5 Å². The fourth-order valence-corrected chi connectivity index (χ4v) is 3.54. The second-order valence-electron chi connectivity index (χ2n) is 5.94. The number of para-hydroxylation sites is 2. The second-order valence-corrected chi connectivity index (χ2v) is 7.70. The number of carbonyl (C=O) groups is 1. The molecule has 0 spiro atoms. The predicted octanol–water partition coefficient (Wildman–Crippen LogP) is 4.89. The van der Waals surface area contributed by atoms with Gasteiger partial charge in [-0.3, -0.25) is 4.79 Å². The van der Waals surface area contributed by atoms with Crippen molar-refractivity contribution in [3.05, 3.63) is 64.9 Å². The van der Waals surface area contributed by atoms with Crippen LogP contribution in [-0.2, 0) is 4.79 Å². The summed E-state index contributed by atoms with van der Waals surface area (Å²) in [5.74, 6) is 1.27. The van der Waals surface area contributed by atoms with Crippen LogP contribution in [0.25, 0.3) is 11.0 Å². The number of H-pyrrole nitrogens is 1. The van der Waals surface area contributed by atoms with Gasteiger partial charge < -0.3 is 10.3 Å². The number of imidazole rings is 1. The fourth-order valence-electron chi connectivity index (χ4n) is 2.59. The molecular formula is C19H20ClN3OS. The molecule has 0 aliphatic heterocycles. The van der Waals surface area contributed by atoms with Crippen LogP contribution >= 0.6 is 23.4 Å². The topological polar surface area (TPSA) is 57.8 Å². The third-order valence-electron chi connectivity index (χ3n) is 3.98. The van der Waals surface area contributed by atoms with E-state index < -0.39 is 0 Å². The molecule has 2 atom stereocenters. The molecule has 3 rings (SSSR count). The summed E-state index contributed by atoms with van der Waals surface area (Å²) in [4.78, 5) is 20.1. The smallest absolute Gasteiger partial charge is 0.230 e. The third kappa shape index (κ3) is 4.55. The van der Waals surface area contributed by atoms with Crippen molar-refractivity contribution in [2.75, 3.05) is 5.75 Å². The van der Waals surface area contributed by atoms with E-state index in [0.29, 0.717) is 10.8 Å². The number of halogens is 1. The van der Waals surface area contributed by atoms with Gasteiger partial charge in [-0.05, 0) is 43.7 Å². The summed E-state index contributed by atoms with van der Waals surface area (Å²) in [6.45, 7) is 4.01. The van der Waals surface area contributed by atoms with E-state index in [0.717, 1.165) is 22.4 Å². The van der Waals surface area contributed by atoms with E-state index in [4.69, 9.17) is 11.6 Å². The Kier molecular flexibility index (Phi) is 5.66. The molecule has 0 bridgehead atoms. The number of benzene rings is 2. The van der Waals surface area contributed by atoms with Gasteiger partial charge in [-0.15, -0.1) is 11.8 Å². The highest BCUT2D eigenvalue weighted by Gasteiger charge is 2.15. The van der Waals surface area contributed by atoms with Crippen molar-refractivity contribution in [1.29, 1.82) is 0 Å². The van der Waals surface area contributed by atoms with E-state index in [9.17, 15) is 4.79 Å². The van der Waals surface area contributed by atoms with E-state index in [-0.39, 0.29) is 17.2 Å². The number of nitrogens with one attached hydrogen (secondary N) is 2. The van der Waals surface area contributed by atoms with E-state index in [1.54, 1.807) is 11.8 Å². The number of aromatic nitrogens is 2. The number of nitrogens with zero attached hydrogens (tertiary/aromatic N) is 1. The van der Waals surface area contributed by atoms with Crippen LogP contribution in [0.4, 0.5) is 0 Å². The lowest BCUT2D eigenvalue weighted by molar-refractivity contribution is -0.119. The summed E-state index contributed by atoms with van der Waals surface area (Å²) >= 11 is 7.56. The van der Waals surface area contributed by atoms with Gasteiger partial charge in [0, 0.05) is 5.02 Å². The largest absolute Gasteiger partial charge is 0.349 e. The lowest BCUT2D eigenvalue weighted by atomic mass is 10.1. The van der Waals surface area contributed by atoms with Crippen molar-refractivity contribution < 1.29 is 4.79 Å². The molecule has 1 aromatic heterocycles. The maximum Gasteiger partial charge on any atom is 0.230 e. The first-order chi connectivity index (χ1) is 12.0. The highest BCUT2D eigenvalue weighted by molar-refractivity contribution is 8.00. The maximum absolute atomic E-state index is 12.2. The Hall–Kier alpha value is -1.98. The third-order valence-corrected chi connectivity index (χ3v) is 5.37. The zero-order valence-corrected chi connectivity index (χ0v) is 15.7. The molecule has 4 nitrogen and oxygen atoms in total. The molecule has 6 heteroatoms. The van der Waals surface area contributed by atoms with Crippen molar-refractivity contribution in [3.63, 3.8) is 0 Å². The van der Waals surface area contributed by atoms with Crippen LogP contribution < -0.4 is 5.32 Å². The Bertz CT molecular complexity index is 847. The first-order valence-corrected chi connectivity index (χ1v) is 9.56. The van der Waals surface area contributed by atoms with Gasteiger partial charge in [0.25, 0.3) is 0 Å². The van der Waals surface area contributed by atoms with Crippen molar-refractivity contribution in [2.24, 2.45) is 0 Å². The van der Waals surface area contributed by atoms with Crippen LogP contribution in [-0.4, -0.2) is 21.6 Å². The molecule has 0 saturated carbocycles. The van der Waals surface area contributed by atoms with Gasteiger partial charge >= 0.3 is 0 Å². The molecule has 0 aliphatic carbocycles. The number of rotatable bonds is 6. The standard InChI is InChI=1S/C19H20ClN3OS/c1-12(14-6-5-7-15(20)10-14)21-18(24)11-25-13(2)19-22-16-8-3-4-9-17(16)23-19/h3-10,12-13H,11H2,1-2H3,(H,21,24)(H,22,23)/t12-,13-/m1/s1. The number of hydrogen-bond donors (Lipinski definition) is 2. The van der Waals surface area contributed by atoms with Gasteiger partial charge in [-0.25, -0.2) is 4.98 Å². The number of carbonyl (C=O) groups excluding carboxylic acids is 1. The van der Waals surface area contributed by atoms with E-state index in [1.165, 1.54) is 0 Å². The van der Waals surface area contributed by atoms with Gasteiger partial charge in [0.05, 0.1) is 28.1 Å². The van der Waals surface area contributed by atoms with Crippen LogP contribution in [0.3, 0.4) is 0 Å². The summed E-state index contributed by atoms with van der Waals surface area (Å²) in [6, 6.07) is 15.4. The molecule has 3 aromatic rings. The molecule has 0 saturated heterocycles. The molecule has 2 aromatic carbocycles. The van der Waals surface area contributed by atoms with Gasteiger partial charge in [0.1, 0.15) is 5.82 Å². The van der Waals surface area contributed by atoms with Gasteiger partial charge in [0.15, 0.2) is 0 Å². The maximum atomic E-state index is 12.2. The average Bonchev–Trinajstić information content (AvgIpc) is 3.04. The summed E-state index contributed by atoms with van der Waals surface area (Å²) < 4.78 is 0. The summed E-state index contributed by atoms with van der Waals surface area (Å²) in [7, 11) is 0. The molecule has 2 N–H and O–H groups in total. The van der Waals surface area contributed by atoms with E-state index in [2.05, 4.69) is 22.2 Å². The first-order valence-electron chi connectivity index (χ1n) is 8.14. The number of aromatic amines is 1. The summed E-state index contributed by atoms with van der Waals surface area (Å²) in [5, 5.41) is 3.79. The molecule has 130 valence electrons. The number of amides is 1. The Morgan fingerprint density at radius 1 is 1.24 bits per heavy atom. The van der Waals surface area contributed by atoms with Crippen LogP contribution in [0.1, 0.15) is 36.5 Å². The van der Waals surface area contributed by atoms with Gasteiger partial charge in [0.2, 0.25) is 5.91 Å². The number of thioether (sulfide) groups is 1. The predicted molar refractivity (Wildman–Crippen MR) is 105 cm³/mol. The molecule has 0 aliphatic rings. The average molecular weight is 374 g/mol. The molecule has 1 amide bonds. The highest BCUT2D eigenvalue weighted by Crippen LogP contribution is 2.27. The molecule has 0 unspecified atom stereocenters. The highest BCUT2D eigenvalue weighted by atomic mass is 35.5. The normalized spacial score (nSPS) is 13.6. The Morgan fingerprint density at radius 3 is 2.80 bits per heavy atom. The summed E-state index contributed by atoms with van der Waals surface area (Å²) in [5.41, 5.74) is 2.96. The van der Waals surface area contributed by atoms with Gasteiger partial charge in [-0.2, -0.15) is 0 Å². The monoisotopic (exact) mass is 373 g/mol. The lowest BCUT2D eigenvalue weighted by Crippen LogP contribution is -2.28. The molecule has 0 radical (unpaired) electrons. The summed E-state index contributed by atoms with van der Waals surface area (Å²) in [6.07, 6.45) is 0. The zero-order valence-electron chi connectivity index (χ0n) is 14.1. The fraction of sp³-hybridized carbons (Fsp3) is 0.263. The number of hydrogen-bond acceptors (Lipinski definition) is 3. The lowest BCUT2D eigenvalue weighted by Gasteiger charge is -2.15. The van der Waals surface area contributed by atoms with Crippen molar-refractivity contribution in [2.45, 2.75) is 25.1 Å². The van der Waals surface area contributed by atoms with Crippen LogP contribution in [0, 0.1) is 0 Å². The molecule has 0 fully saturated rings. The molecule has 25 heavy (non-hydrogen) atoms. The Labute approximate surface area is 156 Å². The quantitative estimate of drug-likeness (QED) is 0.646. The molecule has 1 heterocycles. The minimum atomic E-state index is -0.0756. The first kappa shape index (κ1) is 17.8. The van der Waals surface area contributed by atoms with Crippen molar-refractivity contribution >= 4 is 40.3 Å². The van der Waals surface area contributed by atoms with Crippen LogP contribution in [0.15, 0.2) is 48.5 Å². The zero-order chi connectivity index (χ0) is 17.8. The van der Waals surface area contributed by atoms with E-state index >= 15 is 0 Å². The van der Waals surface area contributed by atoms with Crippen molar-refractivity contribution in [1.82, 2.24) is 15.3 Å². The Morgan fingerprint density at radius 2 is 2.04 bits per heavy atom. The molecular weight excluding hydrogens is 354 g/mol. The SMILES string of the molecule is C[C@@H](NC(=O)CS[C@H](C)c1nc2ccccc2[nH]1)c1cccc(Cl)c1. The number of fused-ring (bicyclic) bond motifs is 1. The minimum absolute atomic E-state index is 0.000404.